The molecule has 2 aliphatic rings. The topological polar surface area (TPSA) is 46.6 Å². The minimum absolute atomic E-state index is 0.139. The van der Waals surface area contributed by atoms with Crippen molar-refractivity contribution >= 4 is 16.5 Å². The van der Waals surface area contributed by atoms with E-state index >= 15 is 0 Å². The zero-order valence-corrected chi connectivity index (χ0v) is 13.9. The Hall–Kier alpha value is -0.690. The van der Waals surface area contributed by atoms with Crippen LogP contribution in [0.25, 0.3) is 0 Å². The van der Waals surface area contributed by atoms with E-state index in [-0.39, 0.29) is 12.2 Å². The number of rotatable bonds is 5. The van der Waals surface area contributed by atoms with Gasteiger partial charge in [0.2, 0.25) is 0 Å². The average molecular weight is 311 g/mol. The van der Waals surface area contributed by atoms with Crippen molar-refractivity contribution in [3.8, 4) is 0 Å². The largest absolute Gasteiger partial charge is 0.377 e. The summed E-state index contributed by atoms with van der Waals surface area (Å²) in [5.41, 5.74) is 1.29. The lowest BCUT2D eigenvalue weighted by Crippen LogP contribution is -2.27. The first-order valence-corrected chi connectivity index (χ1v) is 8.62. The fraction of sp³-hybridized carbons (Fsp3) is 0.800. The highest BCUT2D eigenvalue weighted by Crippen LogP contribution is 2.38. The third-order valence-corrected chi connectivity index (χ3v) is 5.75. The van der Waals surface area contributed by atoms with Crippen molar-refractivity contribution in [2.45, 2.75) is 44.4 Å². The van der Waals surface area contributed by atoms with Crippen LogP contribution >= 0.6 is 11.3 Å². The molecule has 1 aliphatic heterocycles. The number of hydrogen-bond acceptors (Lipinski definition) is 6. The maximum Gasteiger partial charge on any atom is 0.186 e. The van der Waals surface area contributed by atoms with Crippen LogP contribution < -0.4 is 10.2 Å². The van der Waals surface area contributed by atoms with Crippen LogP contribution in [0.2, 0.25) is 0 Å². The van der Waals surface area contributed by atoms with Crippen LogP contribution in [-0.4, -0.2) is 51.0 Å². The molecular weight excluding hydrogens is 286 g/mol. The van der Waals surface area contributed by atoms with E-state index in [4.69, 9.17) is 14.5 Å². The van der Waals surface area contributed by atoms with Crippen LogP contribution in [0.15, 0.2) is 0 Å². The third kappa shape index (κ3) is 2.95. The molecule has 1 aromatic heterocycles. The van der Waals surface area contributed by atoms with Gasteiger partial charge < -0.3 is 19.7 Å². The monoisotopic (exact) mass is 311 g/mol. The smallest absolute Gasteiger partial charge is 0.186 e. The number of nitrogens with one attached hydrogen (secondary N) is 1. The molecule has 3 unspecified atom stereocenters. The summed E-state index contributed by atoms with van der Waals surface area (Å²) in [5.74, 6) is 0. The Morgan fingerprint density at radius 3 is 2.62 bits per heavy atom. The van der Waals surface area contributed by atoms with E-state index in [1.165, 1.54) is 23.4 Å². The van der Waals surface area contributed by atoms with Crippen LogP contribution in [0, 0.1) is 0 Å². The molecule has 2 heterocycles. The SMILES string of the molecule is CCNC1CCCc2nc(N3CC(OC)C(OC)C3)sc21. The number of anilines is 1. The Kier molecular flexibility index (Phi) is 4.78. The fourth-order valence-corrected chi connectivity index (χ4v) is 4.58. The molecule has 0 radical (unpaired) electrons. The van der Waals surface area contributed by atoms with Crippen LogP contribution in [0.5, 0.6) is 0 Å². The van der Waals surface area contributed by atoms with E-state index in [1.54, 1.807) is 14.2 Å². The lowest BCUT2D eigenvalue weighted by Gasteiger charge is -2.21. The Morgan fingerprint density at radius 1 is 1.29 bits per heavy atom. The van der Waals surface area contributed by atoms with Gasteiger partial charge in [0, 0.05) is 38.2 Å². The molecule has 3 atom stereocenters. The van der Waals surface area contributed by atoms with Crippen LogP contribution in [0.1, 0.15) is 36.4 Å². The highest BCUT2D eigenvalue weighted by molar-refractivity contribution is 7.15. The van der Waals surface area contributed by atoms with Gasteiger partial charge in [-0.15, -0.1) is 0 Å². The van der Waals surface area contributed by atoms with Gasteiger partial charge in [0.25, 0.3) is 0 Å². The quantitative estimate of drug-likeness (QED) is 0.901. The summed E-state index contributed by atoms with van der Waals surface area (Å²) in [6.45, 7) is 4.92. The van der Waals surface area contributed by atoms with Crippen molar-refractivity contribution in [3.05, 3.63) is 10.6 Å². The molecule has 1 aliphatic carbocycles. The van der Waals surface area contributed by atoms with Gasteiger partial charge in [0.05, 0.1) is 5.69 Å². The number of fused-ring (bicyclic) bond motifs is 1. The Bertz CT molecular complexity index is 467. The maximum absolute atomic E-state index is 5.53. The molecule has 1 fully saturated rings. The summed E-state index contributed by atoms with van der Waals surface area (Å²) >= 11 is 1.85. The van der Waals surface area contributed by atoms with Gasteiger partial charge in [0.1, 0.15) is 12.2 Å². The van der Waals surface area contributed by atoms with Crippen LogP contribution in [0.3, 0.4) is 0 Å². The lowest BCUT2D eigenvalue weighted by molar-refractivity contribution is -0.00461. The van der Waals surface area contributed by atoms with Crippen molar-refractivity contribution in [1.29, 1.82) is 0 Å². The van der Waals surface area contributed by atoms with E-state index in [0.29, 0.717) is 6.04 Å². The summed E-state index contributed by atoms with van der Waals surface area (Å²) < 4.78 is 11.1. The first kappa shape index (κ1) is 15.2. The van der Waals surface area contributed by atoms with Crippen molar-refractivity contribution < 1.29 is 9.47 Å². The zero-order valence-electron chi connectivity index (χ0n) is 13.1. The van der Waals surface area contributed by atoms with E-state index in [1.807, 2.05) is 11.3 Å². The maximum atomic E-state index is 5.53. The van der Waals surface area contributed by atoms with E-state index in [0.717, 1.165) is 31.2 Å². The average Bonchev–Trinajstić information content (AvgIpc) is 3.11. The van der Waals surface area contributed by atoms with Crippen molar-refractivity contribution in [1.82, 2.24) is 10.3 Å². The van der Waals surface area contributed by atoms with Gasteiger partial charge in [-0.1, -0.05) is 18.3 Å². The molecule has 5 nitrogen and oxygen atoms in total. The molecule has 0 saturated carbocycles. The number of hydrogen-bond donors (Lipinski definition) is 1. The molecule has 1 aromatic rings. The Morgan fingerprint density at radius 2 is 2.00 bits per heavy atom. The number of aryl methyl sites for hydroxylation is 1. The molecule has 1 saturated heterocycles. The molecular formula is C15H25N3O2S. The number of thiazole rings is 1. The third-order valence-electron chi connectivity index (χ3n) is 4.48. The second-order valence-electron chi connectivity index (χ2n) is 5.76. The summed E-state index contributed by atoms with van der Waals surface area (Å²) in [6.07, 6.45) is 3.85. The van der Waals surface area contributed by atoms with Gasteiger partial charge in [0.15, 0.2) is 5.13 Å². The number of nitrogens with zero attached hydrogens (tertiary/aromatic N) is 2. The minimum Gasteiger partial charge on any atom is -0.377 e. The number of ether oxygens (including phenoxy) is 2. The molecule has 118 valence electrons. The second-order valence-corrected chi connectivity index (χ2v) is 6.77. The van der Waals surface area contributed by atoms with Gasteiger partial charge in [-0.2, -0.15) is 0 Å². The Balaban J connectivity index is 1.78. The second kappa shape index (κ2) is 6.60. The molecule has 0 aromatic carbocycles. The summed E-state index contributed by atoms with van der Waals surface area (Å²) in [5, 5.41) is 4.72. The molecule has 3 rings (SSSR count). The van der Waals surface area contributed by atoms with Crippen LogP contribution in [-0.2, 0) is 15.9 Å². The van der Waals surface area contributed by atoms with Crippen molar-refractivity contribution in [3.63, 3.8) is 0 Å². The zero-order chi connectivity index (χ0) is 14.8. The fourth-order valence-electron chi connectivity index (χ4n) is 3.34. The van der Waals surface area contributed by atoms with Gasteiger partial charge in [-0.3, -0.25) is 0 Å². The van der Waals surface area contributed by atoms with Gasteiger partial charge >= 0.3 is 0 Å². The van der Waals surface area contributed by atoms with Gasteiger partial charge in [-0.05, 0) is 25.8 Å². The first-order chi connectivity index (χ1) is 10.3. The molecule has 0 spiro atoms. The van der Waals surface area contributed by atoms with Crippen LogP contribution in [0.4, 0.5) is 5.13 Å². The summed E-state index contributed by atoms with van der Waals surface area (Å²) in [4.78, 5) is 8.65. The number of aromatic nitrogens is 1. The molecule has 0 amide bonds. The lowest BCUT2D eigenvalue weighted by atomic mass is 9.98. The predicted octanol–water partition coefficient (Wildman–Crippen LogP) is 1.98. The highest BCUT2D eigenvalue weighted by atomic mass is 32.1. The first-order valence-electron chi connectivity index (χ1n) is 7.80. The van der Waals surface area contributed by atoms with Gasteiger partial charge in [-0.25, -0.2) is 4.98 Å². The van der Waals surface area contributed by atoms with Crippen molar-refractivity contribution in [2.75, 3.05) is 38.8 Å². The molecule has 21 heavy (non-hydrogen) atoms. The standard InChI is InChI=1S/C15H25N3O2S/c1-4-16-10-6-5-7-11-14(10)21-15(17-11)18-8-12(19-2)13(9-18)20-3/h10,12-13,16H,4-9H2,1-3H3. The van der Waals surface area contributed by atoms with E-state index in [2.05, 4.69) is 17.1 Å². The minimum atomic E-state index is 0.139. The predicted molar refractivity (Wildman–Crippen MR) is 85.3 cm³/mol. The molecule has 1 N–H and O–H groups in total. The van der Waals surface area contributed by atoms with E-state index in [9.17, 15) is 0 Å². The molecule has 6 heteroatoms. The normalized spacial score (nSPS) is 28.9. The van der Waals surface area contributed by atoms with Crippen molar-refractivity contribution in [2.24, 2.45) is 0 Å². The molecule has 0 bridgehead atoms. The number of methoxy groups -OCH3 is 2. The summed E-state index contributed by atoms with van der Waals surface area (Å²) in [7, 11) is 3.52. The highest BCUT2D eigenvalue weighted by Gasteiger charge is 2.35. The van der Waals surface area contributed by atoms with E-state index < -0.39 is 0 Å². The Labute approximate surface area is 130 Å². The summed E-state index contributed by atoms with van der Waals surface area (Å²) in [6, 6.07) is 0.490.